The van der Waals surface area contributed by atoms with Crippen LogP contribution in [0.5, 0.6) is 11.6 Å². The minimum absolute atomic E-state index is 0.0580. The SMILES string of the molecule is CCn1ccnc(Oc2ccc(C)c(N)c2)c1=O. The van der Waals surface area contributed by atoms with Crippen molar-refractivity contribution >= 4 is 5.69 Å². The Morgan fingerprint density at radius 2 is 2.22 bits per heavy atom. The lowest BCUT2D eigenvalue weighted by Crippen LogP contribution is -2.20. The summed E-state index contributed by atoms with van der Waals surface area (Å²) in [6.07, 6.45) is 3.16. The Balaban J connectivity index is 2.34. The van der Waals surface area contributed by atoms with Gasteiger partial charge in [0.2, 0.25) is 0 Å². The van der Waals surface area contributed by atoms with E-state index in [2.05, 4.69) is 4.98 Å². The number of hydrogen-bond donors (Lipinski definition) is 1. The number of aromatic nitrogens is 2. The number of nitrogens with two attached hydrogens (primary N) is 1. The summed E-state index contributed by atoms with van der Waals surface area (Å²) in [4.78, 5) is 15.8. The van der Waals surface area contributed by atoms with Gasteiger partial charge in [-0.1, -0.05) is 6.07 Å². The van der Waals surface area contributed by atoms with Gasteiger partial charge in [0.25, 0.3) is 5.88 Å². The molecule has 0 bridgehead atoms. The van der Waals surface area contributed by atoms with Gasteiger partial charge in [0.15, 0.2) is 0 Å². The Morgan fingerprint density at radius 3 is 2.89 bits per heavy atom. The number of anilines is 1. The summed E-state index contributed by atoms with van der Waals surface area (Å²) < 4.78 is 6.99. The van der Waals surface area contributed by atoms with Gasteiger partial charge in [-0.25, -0.2) is 4.98 Å². The van der Waals surface area contributed by atoms with E-state index < -0.39 is 0 Å². The minimum Gasteiger partial charge on any atom is -0.435 e. The van der Waals surface area contributed by atoms with Crippen molar-refractivity contribution in [1.82, 2.24) is 9.55 Å². The van der Waals surface area contributed by atoms with E-state index >= 15 is 0 Å². The van der Waals surface area contributed by atoms with Gasteiger partial charge < -0.3 is 15.0 Å². The van der Waals surface area contributed by atoms with Crippen LogP contribution >= 0.6 is 0 Å². The van der Waals surface area contributed by atoms with Crippen LogP contribution in [-0.4, -0.2) is 9.55 Å². The van der Waals surface area contributed by atoms with Crippen LogP contribution in [0.25, 0.3) is 0 Å². The highest BCUT2D eigenvalue weighted by atomic mass is 16.5. The van der Waals surface area contributed by atoms with E-state index in [1.165, 1.54) is 10.8 Å². The van der Waals surface area contributed by atoms with Gasteiger partial charge in [0, 0.05) is 30.7 Å². The van der Waals surface area contributed by atoms with E-state index in [1.54, 1.807) is 18.3 Å². The molecule has 1 aromatic carbocycles. The maximum absolute atomic E-state index is 11.9. The van der Waals surface area contributed by atoms with Crippen molar-refractivity contribution in [1.29, 1.82) is 0 Å². The molecule has 0 aliphatic rings. The molecule has 2 aromatic rings. The third-order valence-electron chi connectivity index (χ3n) is 2.69. The Labute approximate surface area is 105 Å². The first kappa shape index (κ1) is 12.2. The van der Waals surface area contributed by atoms with E-state index in [-0.39, 0.29) is 11.4 Å². The van der Waals surface area contributed by atoms with Gasteiger partial charge in [-0.2, -0.15) is 0 Å². The number of rotatable bonds is 3. The highest BCUT2D eigenvalue weighted by molar-refractivity contribution is 5.51. The Hall–Kier alpha value is -2.30. The van der Waals surface area contributed by atoms with Crippen molar-refractivity contribution in [2.75, 3.05) is 5.73 Å². The van der Waals surface area contributed by atoms with Gasteiger partial charge in [-0.3, -0.25) is 4.79 Å². The molecule has 5 nitrogen and oxygen atoms in total. The normalized spacial score (nSPS) is 10.3. The fraction of sp³-hybridized carbons (Fsp3) is 0.231. The third kappa shape index (κ3) is 2.34. The summed E-state index contributed by atoms with van der Waals surface area (Å²) in [5.41, 5.74) is 7.13. The van der Waals surface area contributed by atoms with Crippen molar-refractivity contribution < 1.29 is 4.74 Å². The van der Waals surface area contributed by atoms with Crippen LogP contribution in [0.4, 0.5) is 5.69 Å². The smallest absolute Gasteiger partial charge is 0.313 e. The molecule has 1 aromatic heterocycles. The highest BCUT2D eigenvalue weighted by Gasteiger charge is 2.07. The zero-order valence-corrected chi connectivity index (χ0v) is 10.4. The maximum Gasteiger partial charge on any atom is 0.313 e. The van der Waals surface area contributed by atoms with Crippen molar-refractivity contribution in [3.8, 4) is 11.6 Å². The van der Waals surface area contributed by atoms with E-state index in [9.17, 15) is 4.79 Å². The summed E-state index contributed by atoms with van der Waals surface area (Å²) in [7, 11) is 0. The molecule has 0 saturated heterocycles. The van der Waals surface area contributed by atoms with Crippen LogP contribution in [0.15, 0.2) is 35.4 Å². The molecule has 0 spiro atoms. The van der Waals surface area contributed by atoms with E-state index in [0.29, 0.717) is 18.0 Å². The second-order valence-corrected chi connectivity index (χ2v) is 3.94. The second-order valence-electron chi connectivity index (χ2n) is 3.94. The summed E-state index contributed by atoms with van der Waals surface area (Å²) >= 11 is 0. The molecule has 0 radical (unpaired) electrons. The molecular weight excluding hydrogens is 230 g/mol. The van der Waals surface area contributed by atoms with E-state index in [4.69, 9.17) is 10.5 Å². The van der Waals surface area contributed by atoms with Gasteiger partial charge in [0.1, 0.15) is 5.75 Å². The van der Waals surface area contributed by atoms with Crippen molar-refractivity contribution in [3.63, 3.8) is 0 Å². The number of benzene rings is 1. The fourth-order valence-corrected chi connectivity index (χ4v) is 1.54. The molecule has 18 heavy (non-hydrogen) atoms. The topological polar surface area (TPSA) is 70.1 Å². The number of nitrogens with zero attached hydrogens (tertiary/aromatic N) is 2. The van der Waals surface area contributed by atoms with E-state index in [1.807, 2.05) is 19.9 Å². The van der Waals surface area contributed by atoms with Crippen molar-refractivity contribution in [2.24, 2.45) is 0 Å². The molecule has 0 fully saturated rings. The molecule has 1 heterocycles. The molecule has 2 rings (SSSR count). The molecule has 0 atom stereocenters. The second kappa shape index (κ2) is 4.91. The first-order valence-electron chi connectivity index (χ1n) is 5.71. The summed E-state index contributed by atoms with van der Waals surface area (Å²) in [6.45, 7) is 4.37. The molecule has 94 valence electrons. The molecule has 2 N–H and O–H groups in total. The van der Waals surface area contributed by atoms with Gasteiger partial charge in [-0.05, 0) is 25.5 Å². The fourth-order valence-electron chi connectivity index (χ4n) is 1.54. The van der Waals surface area contributed by atoms with Gasteiger partial charge in [0.05, 0.1) is 0 Å². The quantitative estimate of drug-likeness (QED) is 0.839. The largest absolute Gasteiger partial charge is 0.435 e. The third-order valence-corrected chi connectivity index (χ3v) is 2.69. The molecule has 0 saturated carbocycles. The molecule has 0 aliphatic carbocycles. The lowest BCUT2D eigenvalue weighted by atomic mass is 10.2. The lowest BCUT2D eigenvalue weighted by Gasteiger charge is -2.08. The number of nitrogen functional groups attached to an aromatic ring is 1. The predicted octanol–water partition coefficient (Wildman–Crippen LogP) is 1.95. The zero-order chi connectivity index (χ0) is 13.1. The Morgan fingerprint density at radius 1 is 1.44 bits per heavy atom. The van der Waals surface area contributed by atoms with Crippen molar-refractivity contribution in [2.45, 2.75) is 20.4 Å². The van der Waals surface area contributed by atoms with Gasteiger partial charge in [-0.15, -0.1) is 0 Å². The standard InChI is InChI=1S/C13H15N3O2/c1-3-16-7-6-15-12(13(16)17)18-10-5-4-9(2)11(14)8-10/h4-8H,3,14H2,1-2H3. The monoisotopic (exact) mass is 245 g/mol. The molecule has 0 aliphatic heterocycles. The number of ether oxygens (including phenoxy) is 1. The molecule has 0 amide bonds. The maximum atomic E-state index is 11.9. The van der Waals surface area contributed by atoms with Crippen LogP contribution in [0.2, 0.25) is 0 Å². The lowest BCUT2D eigenvalue weighted by molar-refractivity contribution is 0.445. The van der Waals surface area contributed by atoms with Crippen LogP contribution < -0.4 is 16.0 Å². The van der Waals surface area contributed by atoms with Crippen LogP contribution in [0, 0.1) is 6.92 Å². The summed E-state index contributed by atoms with van der Waals surface area (Å²) in [5.74, 6) is 0.569. The summed E-state index contributed by atoms with van der Waals surface area (Å²) in [6, 6.07) is 5.28. The Kier molecular flexibility index (Phi) is 3.32. The zero-order valence-electron chi connectivity index (χ0n) is 10.4. The first-order valence-corrected chi connectivity index (χ1v) is 5.71. The molecule has 5 heteroatoms. The van der Waals surface area contributed by atoms with Crippen LogP contribution in [0.1, 0.15) is 12.5 Å². The highest BCUT2D eigenvalue weighted by Crippen LogP contribution is 2.21. The van der Waals surface area contributed by atoms with Crippen LogP contribution in [-0.2, 0) is 6.54 Å². The number of hydrogen-bond acceptors (Lipinski definition) is 4. The number of aryl methyl sites for hydroxylation is 2. The van der Waals surface area contributed by atoms with Crippen LogP contribution in [0.3, 0.4) is 0 Å². The predicted molar refractivity (Wildman–Crippen MR) is 69.8 cm³/mol. The molecule has 0 unspecified atom stereocenters. The summed E-state index contributed by atoms with van der Waals surface area (Å²) in [5, 5.41) is 0. The average molecular weight is 245 g/mol. The first-order chi connectivity index (χ1) is 8.61. The van der Waals surface area contributed by atoms with Gasteiger partial charge >= 0.3 is 5.56 Å². The van der Waals surface area contributed by atoms with E-state index in [0.717, 1.165) is 5.56 Å². The average Bonchev–Trinajstić information content (AvgIpc) is 2.36. The Bertz CT molecular complexity index is 620. The minimum atomic E-state index is -0.251. The van der Waals surface area contributed by atoms with Crippen molar-refractivity contribution in [3.05, 3.63) is 46.5 Å². The molecular formula is C13H15N3O2.